The van der Waals surface area contributed by atoms with Crippen molar-refractivity contribution in [3.8, 4) is 0 Å². The lowest BCUT2D eigenvalue weighted by Crippen LogP contribution is -2.55. The molecule has 2 fully saturated rings. The minimum absolute atomic E-state index is 0.0406. The van der Waals surface area contributed by atoms with Gasteiger partial charge in [-0.15, -0.1) is 0 Å². The van der Waals surface area contributed by atoms with E-state index < -0.39 is 23.6 Å². The van der Waals surface area contributed by atoms with Gasteiger partial charge in [0.2, 0.25) is 0 Å². The van der Waals surface area contributed by atoms with Crippen molar-refractivity contribution in [3.05, 3.63) is 24.3 Å². The molecule has 4 heteroatoms. The molecule has 2 rings (SSSR count). The van der Waals surface area contributed by atoms with Gasteiger partial charge >= 0.3 is 5.97 Å². The summed E-state index contributed by atoms with van der Waals surface area (Å²) in [6.07, 6.45) is 1.03. The number of hydrogen-bond donors (Lipinski definition) is 3. The Morgan fingerprint density at radius 2 is 1.95 bits per heavy atom. The summed E-state index contributed by atoms with van der Waals surface area (Å²) in [4.78, 5) is 11.0. The summed E-state index contributed by atoms with van der Waals surface area (Å²) in [7, 11) is 0. The van der Waals surface area contributed by atoms with Crippen molar-refractivity contribution in [2.75, 3.05) is 0 Å². The molecule has 0 aromatic carbocycles. The van der Waals surface area contributed by atoms with Crippen LogP contribution in [0.1, 0.15) is 32.6 Å². The van der Waals surface area contributed by atoms with Crippen LogP contribution in [0.5, 0.6) is 0 Å². The fourth-order valence-corrected chi connectivity index (χ4v) is 3.72. The van der Waals surface area contributed by atoms with Crippen molar-refractivity contribution < 1.29 is 20.1 Å². The largest absolute Gasteiger partial charge is 0.478 e. The van der Waals surface area contributed by atoms with E-state index in [-0.39, 0.29) is 17.4 Å². The van der Waals surface area contributed by atoms with Crippen LogP contribution in [0.25, 0.3) is 0 Å². The molecule has 0 amide bonds. The van der Waals surface area contributed by atoms with Crippen molar-refractivity contribution in [2.24, 2.45) is 17.3 Å². The third-order valence-corrected chi connectivity index (χ3v) is 5.21. The first-order valence-electron chi connectivity index (χ1n) is 6.74. The van der Waals surface area contributed by atoms with E-state index in [9.17, 15) is 15.0 Å². The Hall–Kier alpha value is -1.13. The third-order valence-electron chi connectivity index (χ3n) is 5.21. The van der Waals surface area contributed by atoms with Crippen molar-refractivity contribution in [1.29, 1.82) is 0 Å². The van der Waals surface area contributed by atoms with E-state index in [1.807, 2.05) is 6.92 Å². The van der Waals surface area contributed by atoms with Gasteiger partial charge in [0, 0.05) is 11.0 Å². The van der Waals surface area contributed by atoms with Gasteiger partial charge in [0.1, 0.15) is 0 Å². The average Bonchev–Trinajstić information content (AvgIpc) is 2.35. The Morgan fingerprint density at radius 3 is 2.53 bits per heavy atom. The molecule has 5 atom stereocenters. The predicted octanol–water partition coefficient (Wildman–Crippen LogP) is 1.73. The first-order valence-corrected chi connectivity index (χ1v) is 6.74. The number of carbonyl (C=O) groups is 1. The van der Waals surface area contributed by atoms with E-state index >= 15 is 0 Å². The normalized spacial score (nSPS) is 42.6. The average molecular weight is 266 g/mol. The number of aliphatic hydroxyl groups is 2. The molecule has 106 valence electrons. The fourth-order valence-electron chi connectivity index (χ4n) is 3.72. The SMILES string of the molecule is C=C(C(=O)O)[C@@H]1C[C@H](O)[C@@]2(C)[C@H](O)CCC(=C)[C@@H]2C1. The van der Waals surface area contributed by atoms with E-state index in [2.05, 4.69) is 13.2 Å². The molecule has 0 aromatic rings. The second kappa shape index (κ2) is 4.76. The number of hydrogen-bond acceptors (Lipinski definition) is 3. The Labute approximate surface area is 113 Å². The molecule has 0 spiro atoms. The molecule has 0 aliphatic heterocycles. The Kier molecular flexibility index (Phi) is 3.58. The van der Waals surface area contributed by atoms with Crippen LogP contribution in [0, 0.1) is 17.3 Å². The molecule has 0 saturated heterocycles. The molecule has 0 radical (unpaired) electrons. The van der Waals surface area contributed by atoms with Gasteiger partial charge in [-0.05, 0) is 37.5 Å². The van der Waals surface area contributed by atoms with Gasteiger partial charge < -0.3 is 15.3 Å². The summed E-state index contributed by atoms with van der Waals surface area (Å²) in [6.45, 7) is 9.55. The van der Waals surface area contributed by atoms with E-state index in [1.165, 1.54) is 0 Å². The molecular weight excluding hydrogens is 244 g/mol. The van der Waals surface area contributed by atoms with Crippen LogP contribution in [-0.2, 0) is 4.79 Å². The summed E-state index contributed by atoms with van der Waals surface area (Å²) in [5.41, 5.74) is 0.550. The number of fused-ring (bicyclic) bond motifs is 1. The number of aliphatic hydroxyl groups excluding tert-OH is 2. The van der Waals surface area contributed by atoms with Gasteiger partial charge in [0.15, 0.2) is 0 Å². The molecule has 3 N–H and O–H groups in total. The van der Waals surface area contributed by atoms with Crippen molar-refractivity contribution >= 4 is 5.97 Å². The van der Waals surface area contributed by atoms with Crippen molar-refractivity contribution in [1.82, 2.24) is 0 Å². The number of aliphatic carboxylic acids is 1. The molecule has 2 saturated carbocycles. The van der Waals surface area contributed by atoms with Gasteiger partial charge in [-0.1, -0.05) is 25.7 Å². The highest BCUT2D eigenvalue weighted by Crippen LogP contribution is 2.54. The summed E-state index contributed by atoms with van der Waals surface area (Å²) in [5, 5.41) is 29.7. The summed E-state index contributed by atoms with van der Waals surface area (Å²) in [6, 6.07) is 0. The van der Waals surface area contributed by atoms with Gasteiger partial charge in [-0.25, -0.2) is 4.79 Å². The van der Waals surface area contributed by atoms with Gasteiger partial charge in [-0.3, -0.25) is 0 Å². The maximum absolute atomic E-state index is 11.0. The maximum atomic E-state index is 11.0. The number of rotatable bonds is 2. The smallest absolute Gasteiger partial charge is 0.331 e. The molecule has 0 unspecified atom stereocenters. The van der Waals surface area contributed by atoms with Gasteiger partial charge in [-0.2, -0.15) is 0 Å². The zero-order valence-corrected chi connectivity index (χ0v) is 11.3. The molecule has 19 heavy (non-hydrogen) atoms. The molecule has 2 aliphatic carbocycles. The summed E-state index contributed by atoms with van der Waals surface area (Å²) >= 11 is 0. The monoisotopic (exact) mass is 266 g/mol. The predicted molar refractivity (Wildman–Crippen MR) is 71.5 cm³/mol. The summed E-state index contributed by atoms with van der Waals surface area (Å²) < 4.78 is 0. The van der Waals surface area contributed by atoms with Gasteiger partial charge in [0.25, 0.3) is 0 Å². The maximum Gasteiger partial charge on any atom is 0.331 e. The minimum atomic E-state index is -1.01. The van der Waals surface area contributed by atoms with Crippen LogP contribution < -0.4 is 0 Å². The number of allylic oxidation sites excluding steroid dienone is 1. The van der Waals surface area contributed by atoms with Crippen LogP contribution in [0.15, 0.2) is 24.3 Å². The van der Waals surface area contributed by atoms with E-state index in [1.54, 1.807) is 0 Å². The highest BCUT2D eigenvalue weighted by Gasteiger charge is 2.54. The third kappa shape index (κ3) is 2.13. The summed E-state index contributed by atoms with van der Waals surface area (Å²) in [5.74, 6) is -1.29. The van der Waals surface area contributed by atoms with Crippen LogP contribution in [-0.4, -0.2) is 33.5 Å². The lowest BCUT2D eigenvalue weighted by atomic mass is 9.53. The highest BCUT2D eigenvalue weighted by molar-refractivity contribution is 5.86. The lowest BCUT2D eigenvalue weighted by molar-refractivity contribution is -0.139. The standard InChI is InChI=1S/C15H22O4/c1-8-4-5-12(16)15(3)11(8)6-10(7-13(15)17)9(2)14(18)19/h10-13,16-17H,1-2,4-7H2,3H3,(H,18,19)/t10-,11-,12+,13-,15+/m0/s1. The van der Waals surface area contributed by atoms with Crippen LogP contribution >= 0.6 is 0 Å². The fraction of sp³-hybridized carbons (Fsp3) is 0.667. The topological polar surface area (TPSA) is 77.8 Å². The Morgan fingerprint density at radius 1 is 1.32 bits per heavy atom. The molecule has 2 aliphatic rings. The van der Waals surface area contributed by atoms with Crippen molar-refractivity contribution in [2.45, 2.75) is 44.8 Å². The second-order valence-corrected chi connectivity index (χ2v) is 6.15. The number of carboxylic acid groups (broad SMARTS) is 1. The highest BCUT2D eigenvalue weighted by atomic mass is 16.4. The zero-order valence-electron chi connectivity index (χ0n) is 11.3. The van der Waals surface area contributed by atoms with E-state index in [0.717, 1.165) is 12.0 Å². The Bertz CT molecular complexity index is 428. The van der Waals surface area contributed by atoms with Crippen molar-refractivity contribution in [3.63, 3.8) is 0 Å². The molecule has 0 aromatic heterocycles. The van der Waals surface area contributed by atoms with Gasteiger partial charge in [0.05, 0.1) is 12.2 Å². The molecule has 0 bridgehead atoms. The second-order valence-electron chi connectivity index (χ2n) is 6.15. The quantitative estimate of drug-likeness (QED) is 0.525. The van der Waals surface area contributed by atoms with Crippen LogP contribution in [0.2, 0.25) is 0 Å². The van der Waals surface area contributed by atoms with E-state index in [4.69, 9.17) is 5.11 Å². The molecular formula is C15H22O4. The molecule has 4 nitrogen and oxygen atoms in total. The first-order chi connectivity index (χ1) is 8.78. The van der Waals surface area contributed by atoms with Crippen LogP contribution in [0.3, 0.4) is 0 Å². The lowest BCUT2D eigenvalue weighted by Gasteiger charge is -2.54. The molecule has 0 heterocycles. The van der Waals surface area contributed by atoms with E-state index in [0.29, 0.717) is 19.3 Å². The van der Waals surface area contributed by atoms with Crippen LogP contribution in [0.4, 0.5) is 0 Å². The Balaban J connectivity index is 2.29. The first kappa shape index (κ1) is 14.3. The minimum Gasteiger partial charge on any atom is -0.478 e. The zero-order chi connectivity index (χ0) is 14.4. The number of carboxylic acids is 1.